The molecule has 0 saturated carbocycles. The highest BCUT2D eigenvalue weighted by Crippen LogP contribution is 2.38. The largest absolute Gasteiger partial charge is 0.398 e. The maximum absolute atomic E-state index is 6.21. The molecule has 0 aromatic heterocycles. The molecule has 1 nitrogen and oxygen atoms in total. The molecule has 26 heavy (non-hydrogen) atoms. The molecule has 5 rings (SSSR count). The molecule has 0 fully saturated rings. The Hall–Kier alpha value is -3.03. The summed E-state index contributed by atoms with van der Waals surface area (Å²) in [6.07, 6.45) is 0. The molecule has 0 heterocycles. The van der Waals surface area contributed by atoms with Crippen LogP contribution in [0.25, 0.3) is 43.4 Å². The number of hydrogen-bond donors (Lipinski definition) is 1. The number of rotatable bonds is 1. The lowest BCUT2D eigenvalue weighted by Crippen LogP contribution is -1.90. The van der Waals surface area contributed by atoms with Crippen LogP contribution < -0.4 is 5.73 Å². The van der Waals surface area contributed by atoms with Crippen LogP contribution in [0, 0.1) is 0 Å². The van der Waals surface area contributed by atoms with Crippen molar-refractivity contribution in [2.24, 2.45) is 0 Å². The summed E-state index contributed by atoms with van der Waals surface area (Å²) in [4.78, 5) is 0. The molecule has 0 atom stereocenters. The van der Waals surface area contributed by atoms with Crippen LogP contribution in [0.2, 0.25) is 5.02 Å². The number of nitrogen functional groups attached to an aromatic ring is 1. The van der Waals surface area contributed by atoms with Crippen molar-refractivity contribution in [1.82, 2.24) is 0 Å². The van der Waals surface area contributed by atoms with Crippen molar-refractivity contribution in [3.8, 4) is 11.1 Å². The summed E-state index contributed by atoms with van der Waals surface area (Å²) in [5.41, 5.74) is 9.00. The highest BCUT2D eigenvalue weighted by atomic mass is 35.5. The Morgan fingerprint density at radius 1 is 0.538 bits per heavy atom. The van der Waals surface area contributed by atoms with Crippen molar-refractivity contribution in [3.63, 3.8) is 0 Å². The van der Waals surface area contributed by atoms with Crippen molar-refractivity contribution in [1.29, 1.82) is 0 Å². The molecule has 124 valence electrons. The van der Waals surface area contributed by atoms with Crippen LogP contribution in [-0.2, 0) is 0 Å². The van der Waals surface area contributed by atoms with E-state index in [0.29, 0.717) is 5.02 Å². The van der Waals surface area contributed by atoms with E-state index in [2.05, 4.69) is 66.7 Å². The summed E-state index contributed by atoms with van der Waals surface area (Å²) in [6.45, 7) is 0. The molecule has 0 amide bonds. The summed E-state index contributed by atoms with van der Waals surface area (Å²) >= 11 is 6.20. The molecular weight excluding hydrogens is 338 g/mol. The second-order valence-electron chi connectivity index (χ2n) is 6.58. The van der Waals surface area contributed by atoms with E-state index < -0.39 is 0 Å². The number of hydrogen-bond acceptors (Lipinski definition) is 1. The van der Waals surface area contributed by atoms with Gasteiger partial charge in [0.15, 0.2) is 0 Å². The summed E-state index contributed by atoms with van der Waals surface area (Å²) in [5, 5.41) is 8.25. The minimum Gasteiger partial charge on any atom is -0.398 e. The van der Waals surface area contributed by atoms with E-state index in [-0.39, 0.29) is 0 Å². The van der Waals surface area contributed by atoms with Gasteiger partial charge < -0.3 is 5.73 Å². The molecular formula is C24H16ClN. The molecule has 0 aliphatic heterocycles. The van der Waals surface area contributed by atoms with E-state index >= 15 is 0 Å². The lowest BCUT2D eigenvalue weighted by molar-refractivity contribution is 1.63. The van der Waals surface area contributed by atoms with Crippen LogP contribution in [0.4, 0.5) is 5.69 Å². The first-order valence-corrected chi connectivity index (χ1v) is 8.99. The van der Waals surface area contributed by atoms with Crippen LogP contribution in [0.5, 0.6) is 0 Å². The highest BCUT2D eigenvalue weighted by Gasteiger charge is 2.10. The van der Waals surface area contributed by atoms with E-state index in [4.69, 9.17) is 17.3 Å². The Bertz CT molecular complexity index is 1270. The van der Waals surface area contributed by atoms with Gasteiger partial charge in [-0.1, -0.05) is 72.3 Å². The van der Waals surface area contributed by atoms with E-state index in [1.54, 1.807) is 0 Å². The molecule has 0 bridgehead atoms. The molecule has 0 saturated heterocycles. The van der Waals surface area contributed by atoms with Gasteiger partial charge in [0.05, 0.1) is 0 Å². The van der Waals surface area contributed by atoms with Gasteiger partial charge in [-0.3, -0.25) is 0 Å². The smallest absolute Gasteiger partial charge is 0.0413 e. The first-order chi connectivity index (χ1) is 12.7. The lowest BCUT2D eigenvalue weighted by Gasteiger charge is -2.13. The van der Waals surface area contributed by atoms with E-state index in [1.165, 1.54) is 32.3 Å². The van der Waals surface area contributed by atoms with Gasteiger partial charge in [-0.25, -0.2) is 0 Å². The van der Waals surface area contributed by atoms with Gasteiger partial charge in [0.2, 0.25) is 0 Å². The zero-order valence-electron chi connectivity index (χ0n) is 14.0. The van der Waals surface area contributed by atoms with Crippen molar-refractivity contribution in [3.05, 3.63) is 90.0 Å². The standard InChI is InChI=1S/C24H16ClN/c25-16-10-12-24(26)22(14-16)15-9-11-21-19-7-2-1-5-17(19)18-6-3-4-8-20(18)23(21)13-15/h1-14H,26H2. The monoisotopic (exact) mass is 353 g/mol. The number of halogens is 1. The molecule has 5 aromatic rings. The average molecular weight is 354 g/mol. The minimum atomic E-state index is 0.692. The fourth-order valence-corrected chi connectivity index (χ4v) is 4.03. The quantitative estimate of drug-likeness (QED) is 0.253. The number of anilines is 1. The van der Waals surface area contributed by atoms with Crippen LogP contribution >= 0.6 is 11.6 Å². The Morgan fingerprint density at radius 2 is 1.08 bits per heavy atom. The van der Waals surface area contributed by atoms with E-state index in [0.717, 1.165) is 16.8 Å². The topological polar surface area (TPSA) is 26.0 Å². The van der Waals surface area contributed by atoms with Gasteiger partial charge in [-0.15, -0.1) is 0 Å². The third kappa shape index (κ3) is 2.25. The average Bonchev–Trinajstić information content (AvgIpc) is 2.70. The number of nitrogens with two attached hydrogens (primary N) is 1. The Kier molecular flexibility index (Phi) is 3.37. The normalized spacial score (nSPS) is 11.4. The zero-order chi connectivity index (χ0) is 17.7. The summed E-state index contributed by atoms with van der Waals surface area (Å²) in [5.74, 6) is 0. The molecule has 5 aromatic carbocycles. The fraction of sp³-hybridized carbons (Fsp3) is 0. The van der Waals surface area contributed by atoms with Crippen LogP contribution in [0.3, 0.4) is 0 Å². The number of fused-ring (bicyclic) bond motifs is 6. The predicted molar refractivity (Wildman–Crippen MR) is 114 cm³/mol. The Morgan fingerprint density at radius 3 is 1.69 bits per heavy atom. The minimum absolute atomic E-state index is 0.692. The second-order valence-corrected chi connectivity index (χ2v) is 7.02. The summed E-state index contributed by atoms with van der Waals surface area (Å²) in [6, 6.07) is 29.3. The first-order valence-electron chi connectivity index (χ1n) is 8.61. The van der Waals surface area contributed by atoms with Gasteiger partial charge in [0.1, 0.15) is 0 Å². The molecule has 2 heteroatoms. The van der Waals surface area contributed by atoms with Gasteiger partial charge in [-0.2, -0.15) is 0 Å². The van der Waals surface area contributed by atoms with Crippen molar-refractivity contribution in [2.75, 3.05) is 5.73 Å². The van der Waals surface area contributed by atoms with Gasteiger partial charge in [0.25, 0.3) is 0 Å². The lowest BCUT2D eigenvalue weighted by atomic mass is 9.92. The molecule has 0 aliphatic rings. The molecule has 0 radical (unpaired) electrons. The van der Waals surface area contributed by atoms with Crippen LogP contribution in [0.1, 0.15) is 0 Å². The SMILES string of the molecule is Nc1ccc(Cl)cc1-c1ccc2c3ccccc3c3ccccc3c2c1. The van der Waals surface area contributed by atoms with Crippen molar-refractivity contribution >= 4 is 49.6 Å². The fourth-order valence-electron chi connectivity index (χ4n) is 3.85. The van der Waals surface area contributed by atoms with Crippen LogP contribution in [0.15, 0.2) is 84.9 Å². The Labute approximate surface area is 156 Å². The predicted octanol–water partition coefficient (Wildman–Crippen LogP) is 7.05. The van der Waals surface area contributed by atoms with Gasteiger partial charge in [-0.05, 0) is 62.1 Å². The molecule has 2 N–H and O–H groups in total. The zero-order valence-corrected chi connectivity index (χ0v) is 14.8. The molecule has 0 spiro atoms. The maximum atomic E-state index is 6.21. The Balaban J connectivity index is 1.94. The third-order valence-electron chi connectivity index (χ3n) is 5.07. The summed E-state index contributed by atoms with van der Waals surface area (Å²) < 4.78 is 0. The number of benzene rings is 5. The van der Waals surface area contributed by atoms with E-state index in [1.807, 2.05) is 18.2 Å². The highest BCUT2D eigenvalue weighted by molar-refractivity contribution is 6.31. The second kappa shape index (κ2) is 5.76. The van der Waals surface area contributed by atoms with Crippen molar-refractivity contribution in [2.45, 2.75) is 0 Å². The van der Waals surface area contributed by atoms with Gasteiger partial charge in [0, 0.05) is 16.3 Å². The van der Waals surface area contributed by atoms with Gasteiger partial charge >= 0.3 is 0 Å². The molecule has 0 unspecified atom stereocenters. The van der Waals surface area contributed by atoms with E-state index in [9.17, 15) is 0 Å². The maximum Gasteiger partial charge on any atom is 0.0413 e. The first kappa shape index (κ1) is 15.2. The third-order valence-corrected chi connectivity index (χ3v) is 5.31. The van der Waals surface area contributed by atoms with Crippen molar-refractivity contribution < 1.29 is 0 Å². The molecule has 0 aliphatic carbocycles. The summed E-state index contributed by atoms with van der Waals surface area (Å²) in [7, 11) is 0. The van der Waals surface area contributed by atoms with Crippen LogP contribution in [-0.4, -0.2) is 0 Å².